The highest BCUT2D eigenvalue weighted by Crippen LogP contribution is 2.25. The fourth-order valence-electron chi connectivity index (χ4n) is 4.96. The lowest BCUT2D eigenvalue weighted by Crippen LogP contribution is -2.48. The molecule has 0 aromatic heterocycles. The number of benzene rings is 2. The third-order valence-electron chi connectivity index (χ3n) is 6.77. The van der Waals surface area contributed by atoms with Crippen LogP contribution in [0.25, 0.3) is 0 Å². The van der Waals surface area contributed by atoms with Crippen LogP contribution in [0.4, 0.5) is 5.69 Å². The number of hydrogen-bond acceptors (Lipinski definition) is 3. The normalized spacial score (nSPS) is 16.1. The number of rotatable bonds is 11. The topological polar surface area (TPSA) is 32.5 Å². The summed E-state index contributed by atoms with van der Waals surface area (Å²) in [6.07, 6.45) is 8.09. The molecule has 1 unspecified atom stereocenters. The maximum Gasteiger partial charge on any atom is 0.0371 e. The van der Waals surface area contributed by atoms with Crippen LogP contribution in [-0.2, 0) is 12.8 Å². The molecule has 1 saturated heterocycles. The fraction of sp³-hybridized carbons (Fsp3) is 0.533. The van der Waals surface area contributed by atoms with Crippen molar-refractivity contribution in [2.24, 2.45) is 11.7 Å². The smallest absolute Gasteiger partial charge is 0.0371 e. The molecule has 2 aromatic carbocycles. The Labute approximate surface area is 202 Å². The molecule has 33 heavy (non-hydrogen) atoms. The Hall–Kier alpha value is -2.10. The van der Waals surface area contributed by atoms with Crippen LogP contribution in [0.2, 0.25) is 0 Å². The van der Waals surface area contributed by atoms with Crippen molar-refractivity contribution in [2.75, 3.05) is 31.1 Å². The molecule has 0 spiro atoms. The average Bonchev–Trinajstić information content (AvgIpc) is 2.79. The summed E-state index contributed by atoms with van der Waals surface area (Å²) < 4.78 is 0. The lowest BCUT2D eigenvalue weighted by atomic mass is 9.99. The van der Waals surface area contributed by atoms with Gasteiger partial charge in [0.2, 0.25) is 0 Å². The van der Waals surface area contributed by atoms with E-state index in [0.717, 1.165) is 45.4 Å². The van der Waals surface area contributed by atoms with Crippen LogP contribution < -0.4 is 10.6 Å². The van der Waals surface area contributed by atoms with Crippen LogP contribution in [0.1, 0.15) is 58.1 Å². The van der Waals surface area contributed by atoms with Gasteiger partial charge in [-0.25, -0.2) is 0 Å². The van der Waals surface area contributed by atoms with Gasteiger partial charge in [0.15, 0.2) is 0 Å². The Balaban J connectivity index is 1.59. The van der Waals surface area contributed by atoms with Crippen molar-refractivity contribution in [3.8, 4) is 0 Å². The molecule has 3 heteroatoms. The zero-order valence-corrected chi connectivity index (χ0v) is 21.3. The van der Waals surface area contributed by atoms with Crippen LogP contribution in [0.15, 0.2) is 66.2 Å². The van der Waals surface area contributed by atoms with Gasteiger partial charge in [0.1, 0.15) is 0 Å². The lowest BCUT2D eigenvalue weighted by Gasteiger charge is -2.40. The minimum atomic E-state index is 0.298. The van der Waals surface area contributed by atoms with Crippen molar-refractivity contribution in [3.05, 3.63) is 77.4 Å². The van der Waals surface area contributed by atoms with E-state index >= 15 is 0 Å². The molecule has 2 N–H and O–H groups in total. The van der Waals surface area contributed by atoms with Gasteiger partial charge in [-0.05, 0) is 75.1 Å². The van der Waals surface area contributed by atoms with Gasteiger partial charge in [0.25, 0.3) is 0 Å². The third-order valence-corrected chi connectivity index (χ3v) is 6.77. The number of piperidine rings is 1. The zero-order chi connectivity index (χ0) is 23.6. The number of hydrogen-bond donors (Lipinski definition) is 1. The molecule has 0 aliphatic carbocycles. The van der Waals surface area contributed by atoms with Gasteiger partial charge >= 0.3 is 0 Å². The van der Waals surface area contributed by atoms with Gasteiger partial charge in [0, 0.05) is 44.0 Å². The summed E-state index contributed by atoms with van der Waals surface area (Å²) in [5.41, 5.74) is 12.0. The van der Waals surface area contributed by atoms with E-state index in [4.69, 9.17) is 5.73 Å². The fourth-order valence-corrected chi connectivity index (χ4v) is 4.96. The maximum atomic E-state index is 6.39. The van der Waals surface area contributed by atoms with E-state index < -0.39 is 0 Å². The largest absolute Gasteiger partial charge is 0.365 e. The molecule has 0 amide bonds. The molecule has 1 heterocycles. The molecule has 1 aliphatic rings. The minimum Gasteiger partial charge on any atom is -0.365 e. The van der Waals surface area contributed by atoms with Crippen LogP contribution in [0, 0.1) is 5.92 Å². The first-order valence-electron chi connectivity index (χ1n) is 12.9. The van der Waals surface area contributed by atoms with Crippen LogP contribution in [-0.4, -0.2) is 43.2 Å². The van der Waals surface area contributed by atoms with Crippen LogP contribution >= 0.6 is 0 Å². The van der Waals surface area contributed by atoms with Gasteiger partial charge in [-0.2, -0.15) is 0 Å². The van der Waals surface area contributed by atoms with Gasteiger partial charge in [0.05, 0.1) is 0 Å². The molecular formula is C30H45N3. The number of nitrogens with zero attached hydrogens (tertiary/aromatic N) is 2. The van der Waals surface area contributed by atoms with E-state index in [1.807, 2.05) is 0 Å². The van der Waals surface area contributed by atoms with Gasteiger partial charge in [-0.3, -0.25) is 0 Å². The summed E-state index contributed by atoms with van der Waals surface area (Å²) in [7, 11) is 0. The quantitative estimate of drug-likeness (QED) is 0.424. The Morgan fingerprint density at radius 1 is 0.970 bits per heavy atom. The molecule has 3 rings (SSSR count). The molecule has 1 fully saturated rings. The van der Waals surface area contributed by atoms with Gasteiger partial charge in [-0.1, -0.05) is 68.0 Å². The molecule has 0 bridgehead atoms. The second-order valence-electron chi connectivity index (χ2n) is 10.5. The Morgan fingerprint density at radius 2 is 1.58 bits per heavy atom. The van der Waals surface area contributed by atoms with Crippen molar-refractivity contribution >= 4 is 5.69 Å². The number of anilines is 1. The summed E-state index contributed by atoms with van der Waals surface area (Å²) >= 11 is 0. The van der Waals surface area contributed by atoms with E-state index in [9.17, 15) is 0 Å². The Kier molecular flexibility index (Phi) is 10.0. The first-order valence-corrected chi connectivity index (χ1v) is 12.9. The van der Waals surface area contributed by atoms with Gasteiger partial charge in [-0.15, -0.1) is 0 Å². The van der Waals surface area contributed by atoms with E-state index in [1.165, 1.54) is 35.2 Å². The minimum absolute atomic E-state index is 0.298. The molecule has 180 valence electrons. The van der Waals surface area contributed by atoms with Crippen molar-refractivity contribution in [1.82, 2.24) is 4.90 Å². The SMILES string of the molecule is CC(C)=CCN(c1ccc(CCc2ccccc2)cc1)C1CCN(CC(N)CC(C)C)CC1. The molecule has 0 saturated carbocycles. The highest BCUT2D eigenvalue weighted by atomic mass is 15.2. The van der Waals surface area contributed by atoms with E-state index in [0.29, 0.717) is 18.0 Å². The first kappa shape index (κ1) is 25.5. The van der Waals surface area contributed by atoms with Gasteiger partial charge < -0.3 is 15.5 Å². The second-order valence-corrected chi connectivity index (χ2v) is 10.5. The predicted molar refractivity (Wildman–Crippen MR) is 144 cm³/mol. The average molecular weight is 448 g/mol. The zero-order valence-electron chi connectivity index (χ0n) is 21.3. The van der Waals surface area contributed by atoms with Crippen molar-refractivity contribution < 1.29 is 0 Å². The molecule has 3 nitrogen and oxygen atoms in total. The second kappa shape index (κ2) is 13.0. The molecular weight excluding hydrogens is 402 g/mol. The summed E-state index contributed by atoms with van der Waals surface area (Å²) in [5.74, 6) is 0.674. The van der Waals surface area contributed by atoms with E-state index in [1.54, 1.807) is 0 Å². The third kappa shape index (κ3) is 8.64. The first-order chi connectivity index (χ1) is 15.9. The van der Waals surface area contributed by atoms with Crippen molar-refractivity contribution in [2.45, 2.75) is 71.9 Å². The monoisotopic (exact) mass is 447 g/mol. The van der Waals surface area contributed by atoms with E-state index in [-0.39, 0.29) is 0 Å². The Morgan fingerprint density at radius 3 is 2.15 bits per heavy atom. The van der Waals surface area contributed by atoms with E-state index in [2.05, 4.69) is 98.2 Å². The number of likely N-dealkylation sites (tertiary alicyclic amines) is 1. The summed E-state index contributed by atoms with van der Waals surface area (Å²) in [4.78, 5) is 5.20. The standard InChI is InChI=1S/C30H45N3/c1-24(2)16-21-33(30-17-19-32(20-18-30)23-28(31)22-25(3)4)29-14-12-27(13-15-29)11-10-26-8-6-5-7-9-26/h5-9,12-16,25,28,30H,10-11,17-23,31H2,1-4H3. The molecule has 0 radical (unpaired) electrons. The summed E-state index contributed by atoms with van der Waals surface area (Å²) in [5, 5.41) is 0. The summed E-state index contributed by atoms with van der Waals surface area (Å²) in [6, 6.07) is 21.0. The molecule has 1 aliphatic heterocycles. The van der Waals surface area contributed by atoms with Crippen molar-refractivity contribution in [1.29, 1.82) is 0 Å². The van der Waals surface area contributed by atoms with Crippen LogP contribution in [0.3, 0.4) is 0 Å². The Bertz CT molecular complexity index is 829. The lowest BCUT2D eigenvalue weighted by molar-refractivity contribution is 0.193. The molecule has 2 aromatic rings. The highest BCUT2D eigenvalue weighted by Gasteiger charge is 2.25. The highest BCUT2D eigenvalue weighted by molar-refractivity contribution is 5.49. The van der Waals surface area contributed by atoms with Crippen LogP contribution in [0.5, 0.6) is 0 Å². The number of allylic oxidation sites excluding steroid dienone is 1. The summed E-state index contributed by atoms with van der Waals surface area (Å²) in [6.45, 7) is 13.2. The number of aryl methyl sites for hydroxylation is 2. The van der Waals surface area contributed by atoms with Crippen molar-refractivity contribution in [3.63, 3.8) is 0 Å². The molecule has 1 atom stereocenters. The number of nitrogens with two attached hydrogens (primary N) is 1. The maximum absolute atomic E-state index is 6.39. The predicted octanol–water partition coefficient (Wildman–Crippen LogP) is 6.08.